The molecule has 1 heterocycles. The van der Waals surface area contributed by atoms with Crippen molar-refractivity contribution >= 4 is 41.4 Å². The SMILES string of the molecule is CC(C)c1c(C(=O)N(C)CC2CCCC2)nn(-c2ccc(F)cc2)c1CC[C@@H](O)C[C@@H](O)CC(=O)O.[NaH]. The summed E-state index contributed by atoms with van der Waals surface area (Å²) in [7, 11) is 1.80. The second-order valence-corrected chi connectivity index (χ2v) is 10.3. The van der Waals surface area contributed by atoms with Gasteiger partial charge in [-0.05, 0) is 68.2 Å². The van der Waals surface area contributed by atoms with Crippen molar-refractivity contribution in [3.05, 3.63) is 47.0 Å². The number of aliphatic carboxylic acids is 1. The molecular formula is C27H39FN3NaO5. The van der Waals surface area contributed by atoms with E-state index in [-0.39, 0.29) is 60.0 Å². The van der Waals surface area contributed by atoms with Gasteiger partial charge in [-0.3, -0.25) is 9.59 Å². The van der Waals surface area contributed by atoms with Crippen LogP contribution in [0.15, 0.2) is 24.3 Å². The summed E-state index contributed by atoms with van der Waals surface area (Å²) in [5.74, 6) is -1.22. The van der Waals surface area contributed by atoms with Crippen molar-refractivity contribution < 1.29 is 29.3 Å². The minimum atomic E-state index is -1.15. The van der Waals surface area contributed by atoms with E-state index in [0.29, 0.717) is 30.3 Å². The van der Waals surface area contributed by atoms with E-state index >= 15 is 0 Å². The van der Waals surface area contributed by atoms with Gasteiger partial charge in [0.1, 0.15) is 5.82 Å². The molecule has 10 heteroatoms. The molecule has 2 atom stereocenters. The van der Waals surface area contributed by atoms with E-state index in [0.717, 1.165) is 24.1 Å². The van der Waals surface area contributed by atoms with E-state index in [1.807, 2.05) is 13.8 Å². The van der Waals surface area contributed by atoms with Crippen LogP contribution in [0.2, 0.25) is 0 Å². The first-order chi connectivity index (χ1) is 17.1. The maximum absolute atomic E-state index is 13.6. The van der Waals surface area contributed by atoms with Crippen LogP contribution in [-0.2, 0) is 11.2 Å². The zero-order chi connectivity index (χ0) is 26.4. The quantitative estimate of drug-likeness (QED) is 0.365. The number of aliphatic hydroxyl groups is 2. The van der Waals surface area contributed by atoms with Crippen LogP contribution in [0.3, 0.4) is 0 Å². The Kier molecular flexibility index (Phi) is 12.2. The van der Waals surface area contributed by atoms with Crippen molar-refractivity contribution in [3.8, 4) is 5.69 Å². The summed E-state index contributed by atoms with van der Waals surface area (Å²) < 4.78 is 15.3. The first-order valence-corrected chi connectivity index (χ1v) is 12.8. The van der Waals surface area contributed by atoms with Crippen LogP contribution in [0, 0.1) is 11.7 Å². The summed E-state index contributed by atoms with van der Waals surface area (Å²) in [6.07, 6.45) is 2.63. The van der Waals surface area contributed by atoms with Crippen LogP contribution < -0.4 is 0 Å². The van der Waals surface area contributed by atoms with Crippen LogP contribution in [0.1, 0.15) is 86.5 Å². The molecule has 1 aromatic carbocycles. The number of aliphatic hydroxyl groups excluding tert-OH is 2. The third-order valence-electron chi connectivity index (χ3n) is 6.90. The predicted octanol–water partition coefficient (Wildman–Crippen LogP) is 3.27. The Hall–Kier alpha value is -1.78. The van der Waals surface area contributed by atoms with E-state index in [2.05, 4.69) is 0 Å². The average molecular weight is 528 g/mol. The second kappa shape index (κ2) is 14.4. The first kappa shape index (κ1) is 31.4. The van der Waals surface area contributed by atoms with Crippen molar-refractivity contribution in [1.29, 1.82) is 0 Å². The van der Waals surface area contributed by atoms with Gasteiger partial charge in [-0.2, -0.15) is 5.10 Å². The molecule has 0 aliphatic heterocycles. The number of carbonyl (C=O) groups excluding carboxylic acids is 1. The molecular weight excluding hydrogens is 488 g/mol. The normalized spacial score (nSPS) is 15.4. The predicted molar refractivity (Wildman–Crippen MR) is 141 cm³/mol. The third kappa shape index (κ3) is 8.61. The zero-order valence-electron chi connectivity index (χ0n) is 21.4. The topological polar surface area (TPSA) is 116 Å². The number of aromatic nitrogens is 2. The number of carboxylic acid groups (broad SMARTS) is 1. The molecule has 1 saturated carbocycles. The Labute approximate surface area is 240 Å². The number of hydrogen-bond donors (Lipinski definition) is 3. The van der Waals surface area contributed by atoms with Gasteiger partial charge in [-0.15, -0.1) is 0 Å². The number of carbonyl (C=O) groups is 2. The molecule has 3 N–H and O–H groups in total. The van der Waals surface area contributed by atoms with Gasteiger partial charge in [0.05, 0.1) is 24.3 Å². The van der Waals surface area contributed by atoms with E-state index in [1.54, 1.807) is 28.8 Å². The molecule has 37 heavy (non-hydrogen) atoms. The second-order valence-electron chi connectivity index (χ2n) is 10.3. The van der Waals surface area contributed by atoms with Gasteiger partial charge in [0.2, 0.25) is 0 Å². The number of nitrogens with zero attached hydrogens (tertiary/aromatic N) is 3. The summed E-state index contributed by atoms with van der Waals surface area (Å²) in [6, 6.07) is 5.86. The number of rotatable bonds is 12. The Morgan fingerprint density at radius 1 is 1.14 bits per heavy atom. The van der Waals surface area contributed by atoms with Gasteiger partial charge in [-0.1, -0.05) is 26.7 Å². The zero-order valence-corrected chi connectivity index (χ0v) is 21.4. The number of carboxylic acids is 1. The Morgan fingerprint density at radius 3 is 2.32 bits per heavy atom. The molecule has 0 saturated heterocycles. The van der Waals surface area contributed by atoms with Crippen molar-refractivity contribution in [2.24, 2.45) is 5.92 Å². The maximum atomic E-state index is 13.6. The van der Waals surface area contributed by atoms with Crippen LogP contribution in [0.4, 0.5) is 4.39 Å². The van der Waals surface area contributed by atoms with Gasteiger partial charge >= 0.3 is 35.5 Å². The molecule has 8 nitrogen and oxygen atoms in total. The summed E-state index contributed by atoms with van der Waals surface area (Å²) in [5, 5.41) is 33.9. The molecule has 2 aromatic rings. The monoisotopic (exact) mass is 527 g/mol. The van der Waals surface area contributed by atoms with E-state index in [9.17, 15) is 24.2 Å². The Balaban J connectivity index is 0.00000481. The molecule has 0 bridgehead atoms. The number of hydrogen-bond acceptors (Lipinski definition) is 5. The van der Waals surface area contributed by atoms with E-state index in [4.69, 9.17) is 10.2 Å². The molecule has 0 radical (unpaired) electrons. The number of halogens is 1. The van der Waals surface area contributed by atoms with Gasteiger partial charge in [0, 0.05) is 24.8 Å². The molecule has 1 aromatic heterocycles. The number of amides is 1. The van der Waals surface area contributed by atoms with Crippen molar-refractivity contribution in [3.63, 3.8) is 0 Å². The van der Waals surface area contributed by atoms with E-state index in [1.165, 1.54) is 25.0 Å². The van der Waals surface area contributed by atoms with E-state index < -0.39 is 24.6 Å². The molecule has 0 spiro atoms. The summed E-state index contributed by atoms with van der Waals surface area (Å²) >= 11 is 0. The molecule has 1 aliphatic carbocycles. The fourth-order valence-corrected chi connectivity index (χ4v) is 5.13. The van der Waals surface area contributed by atoms with Crippen LogP contribution in [-0.4, -0.2) is 97.2 Å². The molecule has 1 amide bonds. The van der Waals surface area contributed by atoms with Gasteiger partial charge < -0.3 is 20.2 Å². The van der Waals surface area contributed by atoms with Crippen LogP contribution >= 0.6 is 0 Å². The molecule has 1 aliphatic rings. The van der Waals surface area contributed by atoms with Gasteiger partial charge in [0.15, 0.2) is 5.69 Å². The molecule has 0 unspecified atom stereocenters. The van der Waals surface area contributed by atoms with Crippen molar-refractivity contribution in [1.82, 2.24) is 14.7 Å². The fourth-order valence-electron chi connectivity index (χ4n) is 5.13. The van der Waals surface area contributed by atoms with Crippen LogP contribution in [0.5, 0.6) is 0 Å². The van der Waals surface area contributed by atoms with Gasteiger partial charge in [-0.25, -0.2) is 9.07 Å². The number of benzene rings is 1. The third-order valence-corrected chi connectivity index (χ3v) is 6.90. The summed E-state index contributed by atoms with van der Waals surface area (Å²) in [5.41, 5.74) is 2.47. The first-order valence-electron chi connectivity index (χ1n) is 12.8. The van der Waals surface area contributed by atoms with Crippen LogP contribution in [0.25, 0.3) is 5.69 Å². The fraction of sp³-hybridized carbons (Fsp3) is 0.593. The Bertz CT molecular complexity index is 1040. The van der Waals surface area contributed by atoms with Gasteiger partial charge in [0.25, 0.3) is 5.91 Å². The molecule has 200 valence electrons. The average Bonchev–Trinajstić information content (AvgIpc) is 3.44. The van der Waals surface area contributed by atoms with Crippen molar-refractivity contribution in [2.75, 3.05) is 13.6 Å². The molecule has 3 rings (SSSR count). The summed E-state index contributed by atoms with van der Waals surface area (Å²) in [6.45, 7) is 4.64. The minimum absolute atomic E-state index is 0. The standard InChI is InChI=1S/C27H38FN3O5.Na.H/c1-17(2)25-23(13-12-21(32)14-22(33)15-24(34)35)31(20-10-8-19(28)9-11-20)29-26(25)27(36)30(3)16-18-6-4-5-7-18;;/h8-11,17-18,21-22,32-33H,4-7,12-16H2,1-3H3,(H,34,35);;/t21-,22-;;/m1../s1. The summed E-state index contributed by atoms with van der Waals surface area (Å²) in [4.78, 5) is 26.1. The van der Waals surface area contributed by atoms with Crippen molar-refractivity contribution in [2.45, 2.75) is 83.3 Å². The Morgan fingerprint density at radius 2 is 1.76 bits per heavy atom. The molecule has 1 fully saturated rings.